The Morgan fingerprint density at radius 2 is 1.19 bits per heavy atom. The number of nitrogens with two attached hydrogens (primary N) is 2. The minimum absolute atomic E-state index is 0.0435. The summed E-state index contributed by atoms with van der Waals surface area (Å²) in [6.07, 6.45) is 4.14. The Balaban J connectivity index is 0.881. The SMILES string of the molecule is NCc1cccc(C2CCN(C(=O)Cc3ccc(B4Oc5cc6cccc(C(=O)N7CCC(c8cccc(CN)c8)CC7)c6cc5O4)cc3)CC2)c1. The van der Waals surface area contributed by atoms with Gasteiger partial charge in [-0.25, -0.2) is 0 Å². The van der Waals surface area contributed by atoms with E-state index in [1.165, 1.54) is 11.1 Å². The van der Waals surface area contributed by atoms with Gasteiger partial charge in [0.15, 0.2) is 0 Å². The lowest BCUT2D eigenvalue weighted by atomic mass is 9.79. The first-order chi connectivity index (χ1) is 25.4. The number of rotatable bonds is 8. The van der Waals surface area contributed by atoms with E-state index >= 15 is 0 Å². The van der Waals surface area contributed by atoms with Gasteiger partial charge < -0.3 is 30.6 Å². The summed E-state index contributed by atoms with van der Waals surface area (Å²) < 4.78 is 12.6. The maximum atomic E-state index is 13.9. The molecule has 264 valence electrons. The molecule has 0 radical (unpaired) electrons. The lowest BCUT2D eigenvalue weighted by Gasteiger charge is -2.32. The number of amides is 2. The molecule has 3 aliphatic heterocycles. The lowest BCUT2D eigenvalue weighted by Crippen LogP contribution is -2.39. The van der Waals surface area contributed by atoms with Gasteiger partial charge in [0, 0.05) is 50.3 Å². The highest BCUT2D eigenvalue weighted by Gasteiger charge is 2.35. The Morgan fingerprint density at radius 1 is 0.635 bits per heavy atom. The van der Waals surface area contributed by atoms with Gasteiger partial charge in [-0.3, -0.25) is 9.59 Å². The van der Waals surface area contributed by atoms with E-state index in [2.05, 4.69) is 48.5 Å². The number of hydrogen-bond donors (Lipinski definition) is 2. The van der Waals surface area contributed by atoms with Crippen LogP contribution in [0, 0.1) is 0 Å². The van der Waals surface area contributed by atoms with E-state index in [9.17, 15) is 9.59 Å². The highest BCUT2D eigenvalue weighted by atomic mass is 16.6. The second-order valence-electron chi connectivity index (χ2n) is 14.4. The van der Waals surface area contributed by atoms with Crippen LogP contribution in [0.25, 0.3) is 10.8 Å². The van der Waals surface area contributed by atoms with Crippen molar-refractivity contribution < 1.29 is 18.9 Å². The first-order valence-electron chi connectivity index (χ1n) is 18.6. The topological polar surface area (TPSA) is 111 Å². The van der Waals surface area contributed by atoms with Crippen molar-refractivity contribution in [3.8, 4) is 11.5 Å². The van der Waals surface area contributed by atoms with E-state index in [1.807, 2.05) is 64.4 Å². The maximum absolute atomic E-state index is 13.9. The molecule has 0 aromatic heterocycles. The number of piperidine rings is 2. The molecular weight excluding hydrogens is 647 g/mol. The molecule has 2 fully saturated rings. The van der Waals surface area contributed by atoms with Crippen LogP contribution in [0.2, 0.25) is 0 Å². The standard InChI is InChI=1S/C43H45BN4O4/c45-27-30-4-1-6-34(22-30)32-14-18-47(19-15-32)42(49)24-29-10-12-37(13-11-29)44-51-40-25-36-8-3-9-38(39(36)26-41(40)52-44)43(50)48-20-16-33(17-21-48)35-7-2-5-31(23-35)28-46/h1-13,22-23,25-26,32-33H,14-21,24,27-28,45-46H2. The van der Waals surface area contributed by atoms with Crippen LogP contribution in [0.3, 0.4) is 0 Å². The van der Waals surface area contributed by atoms with Crippen LogP contribution >= 0.6 is 0 Å². The predicted molar refractivity (Wildman–Crippen MR) is 206 cm³/mol. The van der Waals surface area contributed by atoms with Crippen molar-refractivity contribution in [2.75, 3.05) is 26.2 Å². The van der Waals surface area contributed by atoms with E-state index in [-0.39, 0.29) is 11.8 Å². The largest absolute Gasteiger partial charge is 0.632 e. The molecule has 0 unspecified atom stereocenters. The minimum atomic E-state index is -0.607. The third-order valence-electron chi connectivity index (χ3n) is 11.2. The molecule has 8 nitrogen and oxygen atoms in total. The van der Waals surface area contributed by atoms with Gasteiger partial charge in [-0.05, 0) is 94.3 Å². The zero-order chi connectivity index (χ0) is 35.6. The van der Waals surface area contributed by atoms with Crippen molar-refractivity contribution in [2.45, 2.75) is 57.0 Å². The summed E-state index contributed by atoms with van der Waals surface area (Å²) in [5, 5.41) is 1.79. The predicted octanol–water partition coefficient (Wildman–Crippen LogP) is 5.89. The molecule has 9 heteroatoms. The van der Waals surface area contributed by atoms with E-state index in [4.69, 9.17) is 20.8 Å². The molecule has 0 atom stereocenters. The molecule has 5 aromatic rings. The molecule has 0 aliphatic carbocycles. The normalized spacial score (nSPS) is 16.5. The van der Waals surface area contributed by atoms with Crippen LogP contribution in [-0.2, 0) is 24.3 Å². The van der Waals surface area contributed by atoms with Crippen molar-refractivity contribution >= 4 is 35.2 Å². The molecule has 3 heterocycles. The van der Waals surface area contributed by atoms with Crippen LogP contribution in [0.5, 0.6) is 11.5 Å². The average Bonchev–Trinajstić information content (AvgIpc) is 3.63. The van der Waals surface area contributed by atoms with Crippen molar-refractivity contribution in [1.29, 1.82) is 0 Å². The number of hydrogen-bond acceptors (Lipinski definition) is 6. The molecule has 2 amide bonds. The highest BCUT2D eigenvalue weighted by molar-refractivity contribution is 6.63. The number of benzene rings is 5. The highest BCUT2D eigenvalue weighted by Crippen LogP contribution is 2.39. The van der Waals surface area contributed by atoms with Crippen LogP contribution in [0.1, 0.15) is 75.7 Å². The van der Waals surface area contributed by atoms with Gasteiger partial charge in [0.25, 0.3) is 5.91 Å². The molecule has 0 bridgehead atoms. The first-order valence-corrected chi connectivity index (χ1v) is 18.6. The molecule has 0 saturated carbocycles. The van der Waals surface area contributed by atoms with Crippen LogP contribution in [0.4, 0.5) is 0 Å². The maximum Gasteiger partial charge on any atom is 0.632 e. The zero-order valence-corrected chi connectivity index (χ0v) is 29.5. The summed E-state index contributed by atoms with van der Waals surface area (Å²) in [5.41, 5.74) is 19.1. The van der Waals surface area contributed by atoms with Gasteiger partial charge in [0.05, 0.1) is 6.42 Å². The molecule has 3 aliphatic rings. The van der Waals surface area contributed by atoms with E-state index in [1.54, 1.807) is 0 Å². The monoisotopic (exact) mass is 692 g/mol. The third kappa shape index (κ3) is 7.03. The van der Waals surface area contributed by atoms with Crippen LogP contribution < -0.4 is 26.2 Å². The number of carbonyl (C=O) groups is 2. The van der Waals surface area contributed by atoms with Gasteiger partial charge in [0.2, 0.25) is 5.91 Å². The molecule has 5 aromatic carbocycles. The summed E-state index contributed by atoms with van der Waals surface area (Å²) in [4.78, 5) is 31.0. The number of carbonyl (C=O) groups excluding carboxylic acids is 2. The quantitative estimate of drug-likeness (QED) is 0.196. The Labute approximate surface area is 305 Å². The van der Waals surface area contributed by atoms with Crippen molar-refractivity contribution in [2.24, 2.45) is 11.5 Å². The van der Waals surface area contributed by atoms with Crippen molar-refractivity contribution in [3.05, 3.63) is 137 Å². The minimum Gasteiger partial charge on any atom is -0.519 e. The molecule has 0 spiro atoms. The Bertz CT molecular complexity index is 2090. The fourth-order valence-corrected chi connectivity index (χ4v) is 8.12. The number of likely N-dealkylation sites (tertiary alicyclic amines) is 2. The van der Waals surface area contributed by atoms with Crippen molar-refractivity contribution in [3.63, 3.8) is 0 Å². The molecule has 4 N–H and O–H groups in total. The molecule has 2 saturated heterocycles. The fraction of sp³-hybridized carbons (Fsp3) is 0.302. The Morgan fingerprint density at radius 3 is 1.79 bits per heavy atom. The molecule has 52 heavy (non-hydrogen) atoms. The third-order valence-corrected chi connectivity index (χ3v) is 11.2. The van der Waals surface area contributed by atoms with Gasteiger partial charge >= 0.3 is 7.12 Å². The van der Waals surface area contributed by atoms with Crippen LogP contribution in [0.15, 0.2) is 103 Å². The summed E-state index contributed by atoms with van der Waals surface area (Å²) in [7, 11) is -0.607. The first kappa shape index (κ1) is 34.0. The summed E-state index contributed by atoms with van der Waals surface area (Å²) in [6, 6.07) is 34.7. The van der Waals surface area contributed by atoms with E-state index in [0.29, 0.717) is 61.5 Å². The van der Waals surface area contributed by atoms with E-state index < -0.39 is 7.12 Å². The lowest BCUT2D eigenvalue weighted by molar-refractivity contribution is -0.131. The number of nitrogens with zero attached hydrogens (tertiary/aromatic N) is 2. The van der Waals surface area contributed by atoms with E-state index in [0.717, 1.165) is 71.7 Å². The zero-order valence-electron chi connectivity index (χ0n) is 29.5. The summed E-state index contributed by atoms with van der Waals surface area (Å²) >= 11 is 0. The molecular formula is C43H45BN4O4. The number of fused-ring (bicyclic) bond motifs is 2. The van der Waals surface area contributed by atoms with Gasteiger partial charge in [0.1, 0.15) is 11.5 Å². The Kier molecular flexibility index (Phi) is 9.71. The van der Waals surface area contributed by atoms with Gasteiger partial charge in [-0.2, -0.15) is 0 Å². The summed E-state index contributed by atoms with van der Waals surface area (Å²) in [5.74, 6) is 2.36. The average molecular weight is 693 g/mol. The second-order valence-corrected chi connectivity index (χ2v) is 14.4. The van der Waals surface area contributed by atoms with Crippen LogP contribution in [-0.4, -0.2) is 54.9 Å². The molecule has 8 rings (SSSR count). The fourth-order valence-electron chi connectivity index (χ4n) is 8.12. The Hall–Kier alpha value is -5.12. The van der Waals surface area contributed by atoms with Gasteiger partial charge in [-0.1, -0.05) is 84.9 Å². The summed E-state index contributed by atoms with van der Waals surface area (Å²) in [6.45, 7) is 4.03. The van der Waals surface area contributed by atoms with Crippen molar-refractivity contribution in [1.82, 2.24) is 9.80 Å². The van der Waals surface area contributed by atoms with Gasteiger partial charge in [-0.15, -0.1) is 0 Å². The second kappa shape index (κ2) is 14.9. The smallest absolute Gasteiger partial charge is 0.519 e.